The molecule has 11 heteroatoms. The molecule has 2 rings (SSSR count). The Morgan fingerprint density at radius 2 is 1.24 bits per heavy atom. The van der Waals surface area contributed by atoms with Gasteiger partial charge in [0.15, 0.2) is 0 Å². The fourth-order valence-corrected chi connectivity index (χ4v) is 4.58. The van der Waals surface area contributed by atoms with Gasteiger partial charge in [-0.2, -0.15) is 0 Å². The van der Waals surface area contributed by atoms with Crippen LogP contribution in [0.1, 0.15) is 85.9 Å². The molecule has 0 heterocycles. The number of hydrogen-bond donors (Lipinski definition) is 3. The first-order chi connectivity index (χ1) is 20.7. The van der Waals surface area contributed by atoms with E-state index >= 15 is 0 Å². The Bertz CT molecular complexity index is 1330. The van der Waals surface area contributed by atoms with Gasteiger partial charge in [-0.25, -0.2) is 9.59 Å². The highest BCUT2D eigenvalue weighted by Gasteiger charge is 2.43. The zero-order chi connectivity index (χ0) is 34.2. The van der Waals surface area contributed by atoms with Gasteiger partial charge >= 0.3 is 12.1 Å². The minimum Gasteiger partial charge on any atom is -0.458 e. The van der Waals surface area contributed by atoms with Crippen LogP contribution in [-0.2, 0) is 35.1 Å². The van der Waals surface area contributed by atoms with Crippen molar-refractivity contribution >= 4 is 29.8 Å². The summed E-state index contributed by atoms with van der Waals surface area (Å²) in [6.07, 6.45) is -1.33. The number of carbonyl (C=O) groups is 5. The fraction of sp³-hybridized carbons (Fsp3) is 0.500. The van der Waals surface area contributed by atoms with Crippen molar-refractivity contribution in [3.05, 3.63) is 71.8 Å². The van der Waals surface area contributed by atoms with Gasteiger partial charge in [-0.3, -0.25) is 14.4 Å². The second kappa shape index (κ2) is 15.0. The zero-order valence-electron chi connectivity index (χ0n) is 27.8. The average Bonchev–Trinajstić information content (AvgIpc) is 2.88. The summed E-state index contributed by atoms with van der Waals surface area (Å²) < 4.78 is 11.0. The minimum absolute atomic E-state index is 0.136. The van der Waals surface area contributed by atoms with E-state index in [9.17, 15) is 24.0 Å². The summed E-state index contributed by atoms with van der Waals surface area (Å²) >= 11 is 0. The number of rotatable bonds is 11. The Morgan fingerprint density at radius 1 is 0.733 bits per heavy atom. The van der Waals surface area contributed by atoms with Crippen LogP contribution in [0.2, 0.25) is 0 Å². The van der Waals surface area contributed by atoms with Gasteiger partial charge < -0.3 is 30.7 Å². The maximum atomic E-state index is 14.3. The fourth-order valence-electron chi connectivity index (χ4n) is 4.58. The molecule has 0 aliphatic carbocycles. The molecule has 0 aliphatic heterocycles. The van der Waals surface area contributed by atoms with Crippen molar-refractivity contribution in [1.29, 1.82) is 0 Å². The van der Waals surface area contributed by atoms with Crippen molar-refractivity contribution in [2.24, 2.45) is 5.73 Å². The molecule has 0 saturated carbocycles. The molecule has 0 fully saturated rings. The molecule has 0 radical (unpaired) electrons. The number of esters is 1. The summed E-state index contributed by atoms with van der Waals surface area (Å²) in [4.78, 5) is 68.1. The lowest BCUT2D eigenvalue weighted by molar-refractivity contribution is -0.159. The molecular weight excluding hydrogens is 576 g/mol. The molecule has 2 aromatic carbocycles. The van der Waals surface area contributed by atoms with Gasteiger partial charge in [0, 0.05) is 12.0 Å². The van der Waals surface area contributed by atoms with Crippen LogP contribution < -0.4 is 16.4 Å². The second-order valence-electron chi connectivity index (χ2n) is 13.8. The lowest BCUT2D eigenvalue weighted by Crippen LogP contribution is -2.60. The largest absolute Gasteiger partial charge is 0.458 e. The SMILES string of the molecule is CC(C)(C)OC(=O)NC(CC(N)=O)C(=O)N(C(C(=O)NC(Cc1ccccc1)C(=O)OC(C)(C)C)c1ccccc1)C(C)(C)C. The molecule has 4 amide bonds. The van der Waals surface area contributed by atoms with Gasteiger partial charge in [-0.1, -0.05) is 60.7 Å². The Labute approximate surface area is 266 Å². The maximum Gasteiger partial charge on any atom is 0.408 e. The molecule has 3 unspecified atom stereocenters. The van der Waals surface area contributed by atoms with Crippen molar-refractivity contribution < 1.29 is 33.4 Å². The number of primary amides is 1. The molecule has 3 atom stereocenters. The third-order valence-corrected chi connectivity index (χ3v) is 6.27. The van der Waals surface area contributed by atoms with E-state index in [2.05, 4.69) is 10.6 Å². The summed E-state index contributed by atoms with van der Waals surface area (Å²) in [5.41, 5.74) is 3.98. The monoisotopic (exact) mass is 624 g/mol. The van der Waals surface area contributed by atoms with E-state index in [0.717, 1.165) is 5.56 Å². The van der Waals surface area contributed by atoms with E-state index in [1.807, 2.05) is 30.3 Å². The number of alkyl carbamates (subject to hydrolysis) is 1. The quantitative estimate of drug-likeness (QED) is 0.316. The molecule has 11 nitrogen and oxygen atoms in total. The van der Waals surface area contributed by atoms with Gasteiger partial charge in [0.2, 0.25) is 17.7 Å². The van der Waals surface area contributed by atoms with Crippen LogP contribution in [0.25, 0.3) is 0 Å². The summed E-state index contributed by atoms with van der Waals surface area (Å²) in [6, 6.07) is 13.9. The highest BCUT2D eigenvalue weighted by atomic mass is 16.6. The molecule has 4 N–H and O–H groups in total. The number of hydrogen-bond acceptors (Lipinski definition) is 7. The summed E-state index contributed by atoms with van der Waals surface area (Å²) in [6.45, 7) is 15.3. The number of ether oxygens (including phenoxy) is 2. The predicted molar refractivity (Wildman–Crippen MR) is 171 cm³/mol. The van der Waals surface area contributed by atoms with E-state index < -0.39 is 71.1 Å². The van der Waals surface area contributed by atoms with Crippen LogP contribution in [0.15, 0.2) is 60.7 Å². The van der Waals surface area contributed by atoms with E-state index in [1.54, 1.807) is 92.6 Å². The molecule has 0 aliphatic rings. The van der Waals surface area contributed by atoms with Gasteiger partial charge in [-0.15, -0.1) is 0 Å². The summed E-state index contributed by atoms with van der Waals surface area (Å²) in [5, 5.41) is 5.30. The van der Waals surface area contributed by atoms with Crippen molar-refractivity contribution in [3.8, 4) is 0 Å². The molecule has 0 aromatic heterocycles. The van der Waals surface area contributed by atoms with Crippen LogP contribution in [0.3, 0.4) is 0 Å². The maximum absolute atomic E-state index is 14.3. The molecular formula is C34H48N4O7. The third kappa shape index (κ3) is 12.2. The van der Waals surface area contributed by atoms with Crippen molar-refractivity contribution in [2.75, 3.05) is 0 Å². The Balaban J connectivity index is 2.61. The molecule has 45 heavy (non-hydrogen) atoms. The standard InChI is InChI=1S/C34H48N4O7/c1-32(2,3)38(29(41)24(21-26(35)39)37-31(43)45-34(7,8)9)27(23-18-14-11-15-19-23)28(40)36-25(30(42)44-33(4,5)6)20-22-16-12-10-13-17-22/h10-19,24-25,27H,20-21H2,1-9H3,(H2,35,39)(H,36,40)(H,37,43). The van der Waals surface area contributed by atoms with Crippen LogP contribution in [0.4, 0.5) is 4.79 Å². The minimum atomic E-state index is -1.44. The van der Waals surface area contributed by atoms with Crippen LogP contribution in [0, 0.1) is 0 Å². The zero-order valence-corrected chi connectivity index (χ0v) is 27.8. The molecule has 246 valence electrons. The van der Waals surface area contributed by atoms with Gasteiger partial charge in [0.1, 0.15) is 29.3 Å². The number of nitrogens with two attached hydrogens (primary N) is 1. The smallest absolute Gasteiger partial charge is 0.408 e. The first-order valence-electron chi connectivity index (χ1n) is 14.9. The van der Waals surface area contributed by atoms with Crippen molar-refractivity contribution in [1.82, 2.24) is 15.5 Å². The topological polar surface area (TPSA) is 157 Å². The van der Waals surface area contributed by atoms with E-state index in [1.165, 1.54) is 4.90 Å². The number of nitrogens with zero attached hydrogens (tertiary/aromatic N) is 1. The highest BCUT2D eigenvalue weighted by molar-refractivity contribution is 5.96. The molecule has 0 saturated heterocycles. The van der Waals surface area contributed by atoms with E-state index in [-0.39, 0.29) is 6.42 Å². The van der Waals surface area contributed by atoms with E-state index in [0.29, 0.717) is 5.56 Å². The van der Waals surface area contributed by atoms with Gasteiger partial charge in [0.05, 0.1) is 6.42 Å². The molecule has 2 aromatic rings. The lowest BCUT2D eigenvalue weighted by Gasteiger charge is -2.43. The number of benzene rings is 2. The van der Waals surface area contributed by atoms with Crippen LogP contribution >= 0.6 is 0 Å². The summed E-state index contributed by atoms with van der Waals surface area (Å²) in [7, 11) is 0. The van der Waals surface area contributed by atoms with Gasteiger partial charge in [0.25, 0.3) is 0 Å². The number of carbonyl (C=O) groups excluding carboxylic acids is 5. The second-order valence-corrected chi connectivity index (χ2v) is 13.8. The molecule has 0 spiro atoms. The number of nitrogens with one attached hydrogen (secondary N) is 2. The van der Waals surface area contributed by atoms with Crippen LogP contribution in [-0.4, -0.2) is 63.5 Å². The lowest BCUT2D eigenvalue weighted by atomic mass is 9.94. The first kappa shape index (κ1) is 36.8. The molecule has 0 bridgehead atoms. The first-order valence-corrected chi connectivity index (χ1v) is 14.9. The summed E-state index contributed by atoms with van der Waals surface area (Å²) in [5.74, 6) is -2.88. The predicted octanol–water partition coefficient (Wildman–Crippen LogP) is 4.19. The van der Waals surface area contributed by atoms with E-state index in [4.69, 9.17) is 15.2 Å². The van der Waals surface area contributed by atoms with Crippen LogP contribution in [0.5, 0.6) is 0 Å². The average molecular weight is 625 g/mol. The Kier molecular flexibility index (Phi) is 12.3. The van der Waals surface area contributed by atoms with Crippen molar-refractivity contribution in [3.63, 3.8) is 0 Å². The Hall–Kier alpha value is -4.41. The normalized spacial score (nSPS) is 13.9. The third-order valence-electron chi connectivity index (χ3n) is 6.27. The Morgan fingerprint density at radius 3 is 1.71 bits per heavy atom. The van der Waals surface area contributed by atoms with Crippen molar-refractivity contribution in [2.45, 2.75) is 110 Å². The highest BCUT2D eigenvalue weighted by Crippen LogP contribution is 2.31. The number of amides is 4. The van der Waals surface area contributed by atoms with Gasteiger partial charge in [-0.05, 0) is 73.4 Å².